The van der Waals surface area contributed by atoms with Crippen molar-refractivity contribution in [2.75, 3.05) is 0 Å². The third-order valence-corrected chi connectivity index (χ3v) is 4.32. The Bertz CT molecular complexity index is 1130. The van der Waals surface area contributed by atoms with E-state index >= 15 is 0 Å². The smallest absolute Gasteiger partial charge is 0.268 e. The Hall–Kier alpha value is -3.74. The van der Waals surface area contributed by atoms with Gasteiger partial charge in [0.15, 0.2) is 5.69 Å². The fourth-order valence-electron chi connectivity index (χ4n) is 2.83. The first-order valence-corrected chi connectivity index (χ1v) is 9.34. The van der Waals surface area contributed by atoms with Gasteiger partial charge in [-0.3, -0.25) is 25.2 Å². The zero-order valence-corrected chi connectivity index (χ0v) is 16.3. The quantitative estimate of drug-likeness (QED) is 0.517. The monoisotopic (exact) mass is 390 g/mol. The first-order valence-electron chi connectivity index (χ1n) is 9.34. The fraction of sp³-hybridized carbons (Fsp3) is 0.182. The molecular weight excluding hydrogens is 368 g/mol. The van der Waals surface area contributed by atoms with E-state index in [1.807, 2.05) is 38.1 Å². The first-order chi connectivity index (χ1) is 14.0. The van der Waals surface area contributed by atoms with Crippen molar-refractivity contribution in [2.45, 2.75) is 26.8 Å². The summed E-state index contributed by atoms with van der Waals surface area (Å²) >= 11 is 0. The van der Waals surface area contributed by atoms with Crippen molar-refractivity contribution in [1.29, 1.82) is 0 Å². The molecule has 29 heavy (non-hydrogen) atoms. The van der Waals surface area contributed by atoms with Gasteiger partial charge in [0.1, 0.15) is 0 Å². The molecule has 0 atom stereocenters. The molecular formula is C22H22N4O3. The van der Waals surface area contributed by atoms with E-state index in [2.05, 4.69) is 16.0 Å². The summed E-state index contributed by atoms with van der Waals surface area (Å²) in [6.45, 7) is 4.30. The summed E-state index contributed by atoms with van der Waals surface area (Å²) < 4.78 is 1.27. The number of amides is 2. The Balaban J connectivity index is 1.76. The van der Waals surface area contributed by atoms with Crippen molar-refractivity contribution in [1.82, 2.24) is 20.6 Å². The first kappa shape index (κ1) is 20.0. The summed E-state index contributed by atoms with van der Waals surface area (Å²) in [5.41, 5.74) is 6.53. The minimum Gasteiger partial charge on any atom is -0.268 e. The number of hydrogen-bond donors (Lipinski definition) is 2. The second-order valence-electron chi connectivity index (χ2n) is 6.61. The molecule has 1 aromatic heterocycles. The lowest BCUT2D eigenvalue weighted by atomic mass is 10.1. The maximum atomic E-state index is 12.6. The van der Waals surface area contributed by atoms with Gasteiger partial charge in [0, 0.05) is 18.0 Å². The number of benzene rings is 2. The second-order valence-corrected chi connectivity index (χ2v) is 6.61. The number of rotatable bonds is 5. The van der Waals surface area contributed by atoms with Crippen molar-refractivity contribution in [3.63, 3.8) is 0 Å². The summed E-state index contributed by atoms with van der Waals surface area (Å²) in [6.07, 6.45) is 3.68. The molecule has 0 spiro atoms. The number of fused-ring (bicyclic) bond motifs is 1. The molecule has 148 valence electrons. The average molecular weight is 390 g/mol. The van der Waals surface area contributed by atoms with Crippen LogP contribution in [0.1, 0.15) is 35.0 Å². The van der Waals surface area contributed by atoms with Gasteiger partial charge >= 0.3 is 0 Å². The van der Waals surface area contributed by atoms with Crippen LogP contribution in [0.5, 0.6) is 0 Å². The van der Waals surface area contributed by atoms with Crippen molar-refractivity contribution in [3.8, 4) is 0 Å². The van der Waals surface area contributed by atoms with Crippen LogP contribution < -0.4 is 16.4 Å². The maximum absolute atomic E-state index is 12.6. The van der Waals surface area contributed by atoms with Crippen molar-refractivity contribution in [3.05, 3.63) is 81.8 Å². The Morgan fingerprint density at radius 1 is 1.03 bits per heavy atom. The van der Waals surface area contributed by atoms with E-state index in [-0.39, 0.29) is 11.3 Å². The van der Waals surface area contributed by atoms with Crippen molar-refractivity contribution < 1.29 is 9.59 Å². The molecule has 2 aromatic carbocycles. The molecule has 0 unspecified atom stereocenters. The number of aromatic nitrogens is 2. The van der Waals surface area contributed by atoms with E-state index in [4.69, 9.17) is 0 Å². The van der Waals surface area contributed by atoms with Crippen LogP contribution in [0, 0.1) is 6.92 Å². The molecule has 0 fully saturated rings. The van der Waals surface area contributed by atoms with Gasteiger partial charge in [0.25, 0.3) is 17.4 Å². The predicted octanol–water partition coefficient (Wildman–Crippen LogP) is 2.59. The Morgan fingerprint density at radius 2 is 1.72 bits per heavy atom. The van der Waals surface area contributed by atoms with Crippen molar-refractivity contribution >= 4 is 28.7 Å². The predicted molar refractivity (Wildman–Crippen MR) is 112 cm³/mol. The maximum Gasteiger partial charge on any atom is 0.290 e. The van der Waals surface area contributed by atoms with Gasteiger partial charge < -0.3 is 0 Å². The van der Waals surface area contributed by atoms with Gasteiger partial charge in [-0.2, -0.15) is 5.10 Å². The van der Waals surface area contributed by atoms with Gasteiger partial charge in [0.05, 0.1) is 5.39 Å². The SMILES string of the molecule is CCCn1nc(C(=O)NNC(=O)/C=C/c2ccc(C)cc2)c2ccccc2c1=O. The molecule has 7 heteroatoms. The highest BCUT2D eigenvalue weighted by Gasteiger charge is 2.16. The van der Waals surface area contributed by atoms with Crippen LogP contribution >= 0.6 is 0 Å². The highest BCUT2D eigenvalue weighted by molar-refractivity contribution is 6.05. The number of carbonyl (C=O) groups is 2. The van der Waals surface area contributed by atoms with Crippen LogP contribution in [0.3, 0.4) is 0 Å². The molecule has 0 bridgehead atoms. The molecule has 3 aromatic rings. The standard InChI is InChI=1S/C22H22N4O3/c1-3-14-26-22(29)18-7-5-4-6-17(18)20(25-26)21(28)24-23-19(27)13-12-16-10-8-15(2)9-11-16/h4-13H,3,14H2,1-2H3,(H,23,27)(H,24,28)/b13-12+. The van der Waals surface area contributed by atoms with Gasteiger partial charge in [-0.15, -0.1) is 0 Å². The Morgan fingerprint density at radius 3 is 2.41 bits per heavy atom. The van der Waals surface area contributed by atoms with E-state index in [0.717, 1.165) is 11.1 Å². The topological polar surface area (TPSA) is 93.1 Å². The molecule has 0 aliphatic rings. The van der Waals surface area contributed by atoms with Gasteiger partial charge in [-0.25, -0.2) is 4.68 Å². The Kier molecular flexibility index (Phi) is 6.19. The van der Waals surface area contributed by atoms with E-state index in [9.17, 15) is 14.4 Å². The number of hydrogen-bond acceptors (Lipinski definition) is 4. The second kappa shape index (κ2) is 8.97. The fourth-order valence-corrected chi connectivity index (χ4v) is 2.83. The number of aryl methyl sites for hydroxylation is 2. The lowest BCUT2D eigenvalue weighted by Gasteiger charge is -2.10. The molecule has 1 heterocycles. The van der Waals surface area contributed by atoms with Crippen LogP contribution in [0.15, 0.2) is 59.4 Å². The van der Waals surface area contributed by atoms with Crippen LogP contribution in [0.2, 0.25) is 0 Å². The molecule has 3 rings (SSSR count). The van der Waals surface area contributed by atoms with Gasteiger partial charge in [-0.1, -0.05) is 55.0 Å². The summed E-state index contributed by atoms with van der Waals surface area (Å²) in [5.74, 6) is -1.08. The highest BCUT2D eigenvalue weighted by atomic mass is 16.2. The zero-order chi connectivity index (χ0) is 20.8. The number of nitrogens with zero attached hydrogens (tertiary/aromatic N) is 2. The zero-order valence-electron chi connectivity index (χ0n) is 16.3. The molecule has 2 amide bonds. The van der Waals surface area contributed by atoms with E-state index in [1.54, 1.807) is 30.3 Å². The van der Waals surface area contributed by atoms with Gasteiger partial charge in [0.2, 0.25) is 0 Å². The van der Waals surface area contributed by atoms with E-state index < -0.39 is 11.8 Å². The van der Waals surface area contributed by atoms with Crippen LogP contribution in [-0.4, -0.2) is 21.6 Å². The van der Waals surface area contributed by atoms with Crippen LogP contribution in [-0.2, 0) is 11.3 Å². The lowest BCUT2D eigenvalue weighted by molar-refractivity contribution is -0.117. The van der Waals surface area contributed by atoms with Crippen LogP contribution in [0.4, 0.5) is 0 Å². The van der Waals surface area contributed by atoms with Crippen molar-refractivity contribution in [2.24, 2.45) is 0 Å². The Labute approximate surface area is 168 Å². The summed E-state index contributed by atoms with van der Waals surface area (Å²) in [4.78, 5) is 37.1. The molecule has 2 N–H and O–H groups in total. The minimum atomic E-state index is -0.594. The number of hydrazine groups is 1. The summed E-state index contributed by atoms with van der Waals surface area (Å²) in [5, 5.41) is 5.04. The highest BCUT2D eigenvalue weighted by Crippen LogP contribution is 2.13. The molecule has 7 nitrogen and oxygen atoms in total. The van der Waals surface area contributed by atoms with E-state index in [1.165, 1.54) is 10.8 Å². The summed E-state index contributed by atoms with van der Waals surface area (Å²) in [7, 11) is 0. The molecule has 0 aliphatic carbocycles. The van der Waals surface area contributed by atoms with Crippen LogP contribution in [0.25, 0.3) is 16.8 Å². The summed E-state index contributed by atoms with van der Waals surface area (Å²) in [6, 6.07) is 14.5. The van der Waals surface area contributed by atoms with Gasteiger partial charge in [-0.05, 0) is 31.1 Å². The largest absolute Gasteiger partial charge is 0.290 e. The number of nitrogens with one attached hydrogen (secondary N) is 2. The minimum absolute atomic E-state index is 0.0801. The molecule has 0 saturated carbocycles. The normalized spacial score (nSPS) is 11.0. The molecule has 0 aliphatic heterocycles. The van der Waals surface area contributed by atoms with E-state index in [0.29, 0.717) is 23.7 Å². The molecule has 0 saturated heterocycles. The average Bonchev–Trinajstić information content (AvgIpc) is 2.73. The third kappa shape index (κ3) is 4.76. The molecule has 0 radical (unpaired) electrons. The number of carbonyl (C=O) groups excluding carboxylic acids is 2. The lowest BCUT2D eigenvalue weighted by Crippen LogP contribution is -2.42. The third-order valence-electron chi connectivity index (χ3n) is 4.32.